The number of nitrogen functional groups attached to an aromatic ring is 1. The summed E-state index contributed by atoms with van der Waals surface area (Å²) in [6.45, 7) is 6.74. The van der Waals surface area contributed by atoms with E-state index in [0.29, 0.717) is 0 Å². The van der Waals surface area contributed by atoms with Crippen molar-refractivity contribution in [1.29, 1.82) is 0 Å². The van der Waals surface area contributed by atoms with Crippen LogP contribution in [0.3, 0.4) is 0 Å². The number of benzene rings is 7. The molecule has 0 spiro atoms. The monoisotopic (exact) mass is 655 g/mol. The van der Waals surface area contributed by atoms with Crippen molar-refractivity contribution in [1.82, 2.24) is 0 Å². The molecule has 0 aliphatic rings. The molecule has 0 aliphatic carbocycles. The van der Waals surface area contributed by atoms with Crippen molar-refractivity contribution in [3.63, 3.8) is 0 Å². The van der Waals surface area contributed by atoms with Crippen LogP contribution in [0.4, 0.5) is 5.69 Å². The van der Waals surface area contributed by atoms with Crippen LogP contribution in [0.25, 0.3) is 27.8 Å². The van der Waals surface area contributed by atoms with Gasteiger partial charge in [-0.1, -0.05) is 195 Å². The maximum absolute atomic E-state index is 5.90. The molecule has 0 fully saturated rings. The van der Waals surface area contributed by atoms with Crippen molar-refractivity contribution in [3.05, 3.63) is 252 Å². The Morgan fingerprint density at radius 2 is 0.824 bits per heavy atom. The predicted molar refractivity (Wildman–Crippen MR) is 218 cm³/mol. The van der Waals surface area contributed by atoms with Gasteiger partial charge in [-0.05, 0) is 91.9 Å². The first-order valence-corrected chi connectivity index (χ1v) is 17.4. The molecule has 246 valence electrons. The van der Waals surface area contributed by atoms with Crippen LogP contribution in [0.5, 0.6) is 0 Å². The Labute approximate surface area is 302 Å². The summed E-state index contributed by atoms with van der Waals surface area (Å²) in [5.74, 6) is 0. The summed E-state index contributed by atoms with van der Waals surface area (Å²) < 4.78 is 0. The van der Waals surface area contributed by atoms with E-state index in [1.165, 1.54) is 33.4 Å². The summed E-state index contributed by atoms with van der Waals surface area (Å²) in [5.41, 5.74) is 20.0. The van der Waals surface area contributed by atoms with Crippen LogP contribution in [0.15, 0.2) is 213 Å². The zero-order chi connectivity index (χ0) is 35.0. The van der Waals surface area contributed by atoms with E-state index in [2.05, 4.69) is 208 Å². The van der Waals surface area contributed by atoms with Gasteiger partial charge in [0.25, 0.3) is 0 Å². The molecular formula is C50H41N. The van der Waals surface area contributed by atoms with Crippen LogP contribution >= 0.6 is 0 Å². The Balaban J connectivity index is 1.25. The molecule has 0 radical (unpaired) electrons. The smallest absolute Gasteiger partial charge is 0.0701 e. The highest BCUT2D eigenvalue weighted by atomic mass is 14.5. The van der Waals surface area contributed by atoms with Gasteiger partial charge in [0.15, 0.2) is 0 Å². The molecule has 0 bridgehead atoms. The van der Waals surface area contributed by atoms with Gasteiger partial charge in [-0.15, -0.1) is 0 Å². The van der Waals surface area contributed by atoms with E-state index in [9.17, 15) is 0 Å². The minimum atomic E-state index is -0.488. The molecule has 0 heterocycles. The highest BCUT2D eigenvalue weighted by Crippen LogP contribution is 2.45. The number of rotatable bonds is 10. The second-order valence-corrected chi connectivity index (χ2v) is 12.9. The largest absolute Gasteiger partial charge is 0.399 e. The lowest BCUT2D eigenvalue weighted by Gasteiger charge is -2.37. The number of anilines is 1. The van der Waals surface area contributed by atoms with Gasteiger partial charge in [-0.3, -0.25) is 0 Å². The summed E-state index contributed by atoms with van der Waals surface area (Å²) in [5, 5.41) is 0. The van der Waals surface area contributed by atoms with Crippen molar-refractivity contribution < 1.29 is 0 Å². The SMILES string of the molecule is C=C(/C=C(\C=C(/C)c1ccc(-c2ccc(N)cc2)cc1)c1ccccc1)c1ccc(C(c2ccccc2)(c2ccccc2)c2ccccc2)cc1. The molecule has 0 amide bonds. The van der Waals surface area contributed by atoms with Crippen molar-refractivity contribution in [2.45, 2.75) is 12.3 Å². The average Bonchev–Trinajstić information content (AvgIpc) is 3.20. The molecule has 2 N–H and O–H groups in total. The van der Waals surface area contributed by atoms with E-state index in [1.807, 2.05) is 12.1 Å². The first-order valence-electron chi connectivity index (χ1n) is 17.4. The summed E-state index contributed by atoms with van der Waals surface area (Å²) in [6, 6.07) is 68.7. The van der Waals surface area contributed by atoms with Crippen molar-refractivity contribution >= 4 is 22.4 Å². The highest BCUT2D eigenvalue weighted by molar-refractivity contribution is 5.91. The van der Waals surface area contributed by atoms with E-state index in [4.69, 9.17) is 5.73 Å². The Kier molecular flexibility index (Phi) is 9.72. The normalized spacial score (nSPS) is 12.0. The Morgan fingerprint density at radius 3 is 1.29 bits per heavy atom. The fraction of sp³-hybridized carbons (Fsp3) is 0.0400. The third-order valence-corrected chi connectivity index (χ3v) is 9.70. The number of hydrogen-bond acceptors (Lipinski definition) is 1. The lowest BCUT2D eigenvalue weighted by Crippen LogP contribution is -2.30. The van der Waals surface area contributed by atoms with Crippen LogP contribution in [-0.2, 0) is 5.41 Å². The Bertz CT molecular complexity index is 2170. The van der Waals surface area contributed by atoms with Gasteiger partial charge in [0.1, 0.15) is 0 Å². The van der Waals surface area contributed by atoms with Crippen LogP contribution in [-0.4, -0.2) is 0 Å². The minimum Gasteiger partial charge on any atom is -0.399 e. The third kappa shape index (κ3) is 7.02. The summed E-state index contributed by atoms with van der Waals surface area (Å²) in [4.78, 5) is 0. The second-order valence-electron chi connectivity index (χ2n) is 12.9. The summed E-state index contributed by atoms with van der Waals surface area (Å²) in [7, 11) is 0. The van der Waals surface area contributed by atoms with Crippen molar-refractivity contribution in [2.24, 2.45) is 0 Å². The molecule has 7 aromatic carbocycles. The van der Waals surface area contributed by atoms with Gasteiger partial charge in [0, 0.05) is 5.69 Å². The average molecular weight is 656 g/mol. The molecule has 0 aromatic heterocycles. The molecule has 0 atom stereocenters. The van der Waals surface area contributed by atoms with Crippen molar-refractivity contribution in [2.75, 3.05) is 5.73 Å². The molecule has 51 heavy (non-hydrogen) atoms. The zero-order valence-corrected chi connectivity index (χ0v) is 28.9. The molecule has 7 rings (SSSR count). The maximum atomic E-state index is 5.90. The fourth-order valence-electron chi connectivity index (χ4n) is 7.03. The molecular weight excluding hydrogens is 615 g/mol. The van der Waals surface area contributed by atoms with Gasteiger partial charge in [-0.2, -0.15) is 0 Å². The van der Waals surface area contributed by atoms with Gasteiger partial charge < -0.3 is 5.73 Å². The zero-order valence-electron chi connectivity index (χ0n) is 28.9. The Morgan fingerprint density at radius 1 is 0.431 bits per heavy atom. The van der Waals surface area contributed by atoms with Gasteiger partial charge in [-0.25, -0.2) is 0 Å². The van der Waals surface area contributed by atoms with Crippen LogP contribution in [0, 0.1) is 0 Å². The minimum absolute atomic E-state index is 0.488. The Hall–Kier alpha value is -6.44. The van der Waals surface area contributed by atoms with Crippen molar-refractivity contribution in [3.8, 4) is 11.1 Å². The molecule has 0 aliphatic heterocycles. The summed E-state index contributed by atoms with van der Waals surface area (Å²) in [6.07, 6.45) is 4.47. The van der Waals surface area contributed by atoms with Crippen LogP contribution < -0.4 is 5.73 Å². The number of nitrogens with two attached hydrogens (primary N) is 1. The number of allylic oxidation sites excluding steroid dienone is 5. The van der Waals surface area contributed by atoms with E-state index in [1.54, 1.807) is 0 Å². The summed E-state index contributed by atoms with van der Waals surface area (Å²) >= 11 is 0. The quantitative estimate of drug-likeness (QED) is 0.0886. The van der Waals surface area contributed by atoms with Crippen LogP contribution in [0.2, 0.25) is 0 Å². The highest BCUT2D eigenvalue weighted by Gasteiger charge is 2.38. The van der Waals surface area contributed by atoms with E-state index < -0.39 is 5.41 Å². The molecule has 1 nitrogen and oxygen atoms in total. The van der Waals surface area contributed by atoms with E-state index >= 15 is 0 Å². The van der Waals surface area contributed by atoms with E-state index in [-0.39, 0.29) is 0 Å². The van der Waals surface area contributed by atoms with Crippen LogP contribution in [0.1, 0.15) is 45.9 Å². The second kappa shape index (κ2) is 15.0. The predicted octanol–water partition coefficient (Wildman–Crippen LogP) is 12.5. The molecule has 0 saturated heterocycles. The lowest BCUT2D eigenvalue weighted by atomic mass is 9.65. The lowest BCUT2D eigenvalue weighted by molar-refractivity contribution is 0.745. The maximum Gasteiger partial charge on any atom is 0.0701 e. The first-order chi connectivity index (χ1) is 25.0. The standard InChI is InChI=1S/C50H41N/c1-37(39-23-25-42(26-24-39)43-29-33-49(51)34-30-43)35-44(41-15-7-3-8-16-41)36-38(2)40-27-31-48(32-28-40)50(45-17-9-4-10-18-45,46-19-11-5-12-20-46)47-21-13-6-14-22-47/h3-36H,2,51H2,1H3/b37-35+,44-36+. The fourth-order valence-corrected chi connectivity index (χ4v) is 7.03. The third-order valence-electron chi connectivity index (χ3n) is 9.70. The van der Waals surface area contributed by atoms with Gasteiger partial charge in [0.2, 0.25) is 0 Å². The van der Waals surface area contributed by atoms with Gasteiger partial charge in [0.05, 0.1) is 5.41 Å². The molecule has 0 unspecified atom stereocenters. The van der Waals surface area contributed by atoms with Gasteiger partial charge >= 0.3 is 0 Å². The molecule has 0 saturated carbocycles. The molecule has 1 heteroatoms. The van der Waals surface area contributed by atoms with E-state index in [0.717, 1.165) is 39.1 Å². The topological polar surface area (TPSA) is 26.0 Å². The first kappa shape index (κ1) is 33.1. The molecule has 7 aromatic rings. The number of hydrogen-bond donors (Lipinski definition) is 1.